The molecule has 2 aliphatic heterocycles. The Bertz CT molecular complexity index is 2140. The van der Waals surface area contributed by atoms with E-state index in [4.69, 9.17) is 0 Å². The van der Waals surface area contributed by atoms with Gasteiger partial charge in [0.1, 0.15) is 0 Å². The van der Waals surface area contributed by atoms with E-state index in [1.807, 2.05) is 38.1 Å². The highest BCUT2D eigenvalue weighted by atomic mass is 79.9. The van der Waals surface area contributed by atoms with Gasteiger partial charge in [-0.3, -0.25) is 0 Å². The summed E-state index contributed by atoms with van der Waals surface area (Å²) >= 11 is 4.67. The van der Waals surface area contributed by atoms with Gasteiger partial charge in [-0.25, -0.2) is 16.8 Å². The van der Waals surface area contributed by atoms with E-state index in [1.165, 1.54) is 21.9 Å². The van der Waals surface area contributed by atoms with Crippen LogP contribution < -0.4 is 5.19 Å². The van der Waals surface area contributed by atoms with Crippen molar-refractivity contribution in [3.05, 3.63) is 98.9 Å². The van der Waals surface area contributed by atoms with E-state index in [-0.39, 0.29) is 41.4 Å². The van der Waals surface area contributed by atoms with Gasteiger partial charge in [0.25, 0.3) is 0 Å². The van der Waals surface area contributed by atoms with Gasteiger partial charge in [0.15, 0.2) is 0 Å². The number of hydrogen-bond acceptors (Lipinski definition) is 4. The van der Waals surface area contributed by atoms with Crippen LogP contribution in [0.4, 0.5) is 0 Å². The average Bonchev–Trinajstić information content (AvgIpc) is 3.57. The average molecular weight is 991 g/mol. The minimum atomic E-state index is -3.89. The number of nitrogens with zero attached hydrogens (tertiary/aromatic N) is 2. The van der Waals surface area contributed by atoms with Gasteiger partial charge in [-0.1, -0.05) is 147 Å². The molecule has 3 aromatic rings. The van der Waals surface area contributed by atoms with E-state index in [0.717, 1.165) is 21.5 Å². The zero-order valence-corrected chi connectivity index (χ0v) is 47.4. The summed E-state index contributed by atoms with van der Waals surface area (Å²) in [7, 11) is -15.3. The van der Waals surface area contributed by atoms with Crippen LogP contribution in [0.2, 0.25) is 78.6 Å². The molecule has 6 nitrogen and oxygen atoms in total. The Morgan fingerprint density at radius 2 is 0.881 bits per heavy atom. The van der Waals surface area contributed by atoms with Crippen molar-refractivity contribution in [3.63, 3.8) is 0 Å². The molecule has 0 amide bonds. The number of hydrogen-bond donors (Lipinski definition) is 0. The quantitative estimate of drug-likeness (QED) is 0.142. The van der Waals surface area contributed by atoms with E-state index < -0.39 is 59.0 Å². The van der Waals surface area contributed by atoms with Crippen LogP contribution in [0.3, 0.4) is 0 Å². The van der Waals surface area contributed by atoms with E-state index in [2.05, 4.69) is 127 Å². The lowest BCUT2D eigenvalue weighted by molar-refractivity contribution is 0.391. The van der Waals surface area contributed by atoms with Crippen LogP contribution in [0, 0.1) is 13.8 Å². The summed E-state index contributed by atoms with van der Waals surface area (Å²) in [6, 6.07) is 19.4. The molecule has 0 saturated carbocycles. The molecular formula is C45H73BrN2O4S2Si5. The van der Waals surface area contributed by atoms with Crippen LogP contribution in [0.1, 0.15) is 65.3 Å². The topological polar surface area (TPSA) is 74.8 Å². The first-order valence-electron chi connectivity index (χ1n) is 21.4. The van der Waals surface area contributed by atoms with Crippen molar-refractivity contribution in [3.8, 4) is 0 Å². The summed E-state index contributed by atoms with van der Waals surface area (Å²) in [5.41, 5.74) is 6.24. The maximum Gasteiger partial charge on any atom is 0.243 e. The Kier molecular flexibility index (Phi) is 13.6. The summed E-state index contributed by atoms with van der Waals surface area (Å²) in [5.74, 6) is 0. The Labute approximate surface area is 372 Å². The fraction of sp³-hybridized carbons (Fsp3) is 0.556. The molecule has 0 bridgehead atoms. The van der Waals surface area contributed by atoms with Crippen molar-refractivity contribution in [1.82, 2.24) is 8.61 Å². The van der Waals surface area contributed by atoms with Gasteiger partial charge >= 0.3 is 0 Å². The largest absolute Gasteiger partial charge is 0.243 e. The maximum atomic E-state index is 14.7. The summed E-state index contributed by atoms with van der Waals surface area (Å²) < 4.78 is 62.3. The van der Waals surface area contributed by atoms with Gasteiger partial charge in [0.05, 0.1) is 9.79 Å². The third-order valence-corrected chi connectivity index (χ3v) is 42.4. The molecule has 3 aromatic carbocycles. The molecule has 0 aliphatic carbocycles. The Morgan fingerprint density at radius 3 is 1.15 bits per heavy atom. The molecule has 0 atom stereocenters. The molecule has 326 valence electrons. The van der Waals surface area contributed by atoms with E-state index in [1.54, 1.807) is 32.9 Å². The predicted octanol–water partition coefficient (Wildman–Crippen LogP) is 11.0. The first-order chi connectivity index (χ1) is 26.6. The van der Waals surface area contributed by atoms with Crippen molar-refractivity contribution >= 4 is 79.5 Å². The first-order valence-corrected chi connectivity index (χ1v) is 42.8. The van der Waals surface area contributed by atoms with Crippen LogP contribution in [-0.2, 0) is 25.5 Å². The van der Waals surface area contributed by atoms with Crippen molar-refractivity contribution in [2.75, 3.05) is 26.2 Å². The fourth-order valence-corrected chi connectivity index (χ4v) is 47.4. The Hall–Kier alpha value is -1.22. The molecule has 0 unspecified atom stereocenters. The van der Waals surface area contributed by atoms with Crippen LogP contribution in [-0.4, -0.2) is 90.6 Å². The molecule has 0 N–H and O–H groups in total. The second-order valence-electron chi connectivity index (χ2n) is 22.9. The number of halogens is 1. The normalized spacial score (nSPS) is 18.2. The number of benzene rings is 3. The Morgan fingerprint density at radius 1 is 0.576 bits per heavy atom. The minimum Gasteiger partial charge on any atom is -0.207 e. The zero-order valence-electron chi connectivity index (χ0n) is 39.2. The first kappa shape index (κ1) is 48.8. The van der Waals surface area contributed by atoms with Gasteiger partial charge in [0, 0.05) is 58.5 Å². The SMILES string of the molecule is Cc1ccc(S(=O)(=O)N2CCCN(S(=O)(=O)c3ccc(C)cc3)CC3=C(C2)[Si]3(Br)c2c(C([Si](C)(C)C)[Si](C)(C)C)cc(C(C)(C)C)cc2C([Si](C)(C)C)[Si](C)(C)C)cc1. The van der Waals surface area contributed by atoms with Crippen molar-refractivity contribution < 1.29 is 16.8 Å². The van der Waals surface area contributed by atoms with Gasteiger partial charge in [-0.15, -0.1) is 15.3 Å². The number of aryl methyl sites for hydroxylation is 2. The van der Waals surface area contributed by atoms with Gasteiger partial charge < -0.3 is 0 Å². The van der Waals surface area contributed by atoms with Crippen molar-refractivity contribution in [2.24, 2.45) is 0 Å². The van der Waals surface area contributed by atoms with Crippen LogP contribution >= 0.6 is 15.3 Å². The fourth-order valence-electron chi connectivity index (χ4n) is 10.6. The molecule has 0 spiro atoms. The molecule has 59 heavy (non-hydrogen) atoms. The van der Waals surface area contributed by atoms with Crippen LogP contribution in [0.5, 0.6) is 0 Å². The summed E-state index contributed by atoms with van der Waals surface area (Å²) in [6.07, 6.45) is 0.394. The summed E-state index contributed by atoms with van der Waals surface area (Å²) in [5, 5.41) is 4.53. The summed E-state index contributed by atoms with van der Waals surface area (Å²) in [6.45, 7) is 39.3. The smallest absolute Gasteiger partial charge is 0.207 e. The third-order valence-electron chi connectivity index (χ3n) is 12.4. The lowest BCUT2D eigenvalue weighted by Crippen LogP contribution is -2.55. The van der Waals surface area contributed by atoms with Crippen LogP contribution in [0.25, 0.3) is 0 Å². The number of sulfonamides is 2. The van der Waals surface area contributed by atoms with Crippen molar-refractivity contribution in [1.29, 1.82) is 0 Å². The van der Waals surface area contributed by atoms with Gasteiger partial charge in [-0.05, 0) is 92.5 Å². The van der Waals surface area contributed by atoms with Gasteiger partial charge in [-0.2, -0.15) is 8.61 Å². The van der Waals surface area contributed by atoms with E-state index in [0.29, 0.717) is 16.7 Å². The standard InChI is InChI=1S/C45H73BrN2O4S2Si5/c1-33-19-23-36(24-20-33)53(49,50)47-27-18-28-48(54(51,52)37-25-21-34(2)22-26-37)32-41-40(31-47)59(41,46)42-38(43(55(6,7)8)56(9,10)11)29-35(45(3,4)5)30-39(42)44(57(12,13)14)58(15,16)17/h19-26,29-30,43-44H,18,27-28,31-32H2,1-17H3. The minimum absolute atomic E-state index is 0.0861. The highest BCUT2D eigenvalue weighted by Crippen LogP contribution is 2.53. The predicted molar refractivity (Wildman–Crippen MR) is 270 cm³/mol. The lowest BCUT2D eigenvalue weighted by Gasteiger charge is -2.45. The molecule has 0 saturated heterocycles. The van der Waals surface area contributed by atoms with E-state index >= 15 is 0 Å². The monoisotopic (exact) mass is 988 g/mol. The molecule has 2 heterocycles. The molecule has 2 aliphatic rings. The summed E-state index contributed by atoms with van der Waals surface area (Å²) in [4.78, 5) is 0.559. The molecule has 14 heteroatoms. The number of rotatable bonds is 11. The molecular weight excluding hydrogens is 917 g/mol. The maximum absolute atomic E-state index is 14.7. The second-order valence-corrected chi connectivity index (χ2v) is 55.7. The lowest BCUT2D eigenvalue weighted by atomic mass is 9.85. The highest BCUT2D eigenvalue weighted by Gasteiger charge is 2.61. The van der Waals surface area contributed by atoms with Crippen LogP contribution in [0.15, 0.2) is 80.8 Å². The molecule has 0 radical (unpaired) electrons. The Balaban J connectivity index is 1.90. The second kappa shape index (κ2) is 16.4. The third kappa shape index (κ3) is 9.96. The van der Waals surface area contributed by atoms with Crippen molar-refractivity contribution in [2.45, 2.75) is 145 Å². The molecule has 5 rings (SSSR count). The van der Waals surface area contributed by atoms with Gasteiger partial charge in [0.2, 0.25) is 26.7 Å². The zero-order chi connectivity index (χ0) is 44.7. The van der Waals surface area contributed by atoms with E-state index in [9.17, 15) is 16.8 Å². The molecule has 0 aromatic heterocycles. The highest BCUT2D eigenvalue weighted by molar-refractivity contribution is 9.27. The molecule has 0 fully saturated rings.